The van der Waals surface area contributed by atoms with Crippen LogP contribution in [0.2, 0.25) is 0 Å². The quantitative estimate of drug-likeness (QED) is 0.527. The van der Waals surface area contributed by atoms with Crippen molar-refractivity contribution in [2.24, 2.45) is 0 Å². The van der Waals surface area contributed by atoms with Crippen LogP contribution in [0.4, 0.5) is 8.78 Å². The monoisotopic (exact) mass is 150 g/mol. The van der Waals surface area contributed by atoms with Gasteiger partial charge in [0.2, 0.25) is 0 Å². The average molecular weight is 150 g/mol. The van der Waals surface area contributed by atoms with Gasteiger partial charge >= 0.3 is 5.97 Å². The highest BCUT2D eigenvalue weighted by Crippen LogP contribution is 2.39. The molecule has 2 nitrogen and oxygen atoms in total. The molecule has 0 heterocycles. The van der Waals surface area contributed by atoms with Gasteiger partial charge in [-0.2, -0.15) is 0 Å². The first-order valence-electron chi connectivity index (χ1n) is 3.05. The van der Waals surface area contributed by atoms with E-state index in [0.29, 0.717) is 0 Å². The van der Waals surface area contributed by atoms with Crippen LogP contribution < -0.4 is 0 Å². The largest absolute Gasteiger partial charge is 0.462 e. The first-order valence-corrected chi connectivity index (χ1v) is 3.05. The predicted octanol–water partition coefficient (Wildman–Crippen LogP) is 1.35. The lowest BCUT2D eigenvalue weighted by molar-refractivity contribution is -0.180. The summed E-state index contributed by atoms with van der Waals surface area (Å²) >= 11 is 0. The molecule has 0 aliphatic heterocycles. The lowest BCUT2D eigenvalue weighted by Gasteiger charge is -2.33. The topological polar surface area (TPSA) is 26.3 Å². The van der Waals surface area contributed by atoms with Crippen molar-refractivity contribution in [1.82, 2.24) is 0 Å². The molecule has 0 radical (unpaired) electrons. The van der Waals surface area contributed by atoms with Crippen LogP contribution in [0.25, 0.3) is 0 Å². The zero-order valence-electron chi connectivity index (χ0n) is 5.56. The van der Waals surface area contributed by atoms with Crippen LogP contribution in [-0.4, -0.2) is 18.0 Å². The summed E-state index contributed by atoms with van der Waals surface area (Å²) in [6.07, 6.45) is -1.17. The van der Waals surface area contributed by atoms with Crippen LogP contribution in [0, 0.1) is 0 Å². The molecule has 10 heavy (non-hydrogen) atoms. The van der Waals surface area contributed by atoms with Crippen LogP contribution in [0.15, 0.2) is 0 Å². The van der Waals surface area contributed by atoms with Crippen molar-refractivity contribution >= 4 is 5.97 Å². The van der Waals surface area contributed by atoms with E-state index in [1.165, 1.54) is 6.92 Å². The van der Waals surface area contributed by atoms with Crippen LogP contribution in [-0.2, 0) is 9.53 Å². The second kappa shape index (κ2) is 2.18. The summed E-state index contributed by atoms with van der Waals surface area (Å²) in [7, 11) is 0. The fraction of sp³-hybridized carbons (Fsp3) is 0.833. The van der Waals surface area contributed by atoms with E-state index in [1.54, 1.807) is 0 Å². The van der Waals surface area contributed by atoms with Crippen molar-refractivity contribution in [3.8, 4) is 0 Å². The van der Waals surface area contributed by atoms with E-state index in [-0.39, 0.29) is 12.8 Å². The first-order chi connectivity index (χ1) is 4.49. The van der Waals surface area contributed by atoms with Gasteiger partial charge in [0.25, 0.3) is 5.92 Å². The maximum atomic E-state index is 12.0. The molecule has 0 spiro atoms. The fourth-order valence-corrected chi connectivity index (χ4v) is 0.924. The Labute approximate surface area is 57.2 Å². The molecule has 0 saturated heterocycles. The van der Waals surface area contributed by atoms with Gasteiger partial charge in [0.05, 0.1) is 0 Å². The van der Waals surface area contributed by atoms with Crippen LogP contribution in [0.1, 0.15) is 19.8 Å². The Kier molecular flexibility index (Phi) is 1.62. The van der Waals surface area contributed by atoms with Gasteiger partial charge in [-0.05, 0) is 0 Å². The van der Waals surface area contributed by atoms with E-state index >= 15 is 0 Å². The molecular weight excluding hydrogens is 142 g/mol. The second-order valence-electron chi connectivity index (χ2n) is 2.50. The van der Waals surface area contributed by atoms with Gasteiger partial charge in [0.15, 0.2) is 0 Å². The zero-order chi connectivity index (χ0) is 7.78. The Morgan fingerprint density at radius 2 is 2.10 bits per heavy atom. The number of alkyl halides is 2. The van der Waals surface area contributed by atoms with Gasteiger partial charge in [-0.15, -0.1) is 0 Å². The number of rotatable bonds is 1. The van der Waals surface area contributed by atoms with Crippen LogP contribution in [0.5, 0.6) is 0 Å². The summed E-state index contributed by atoms with van der Waals surface area (Å²) in [5, 5.41) is 0. The average Bonchev–Trinajstić information content (AvgIpc) is 1.57. The highest BCUT2D eigenvalue weighted by atomic mass is 19.3. The number of ether oxygens (including phenoxy) is 1. The van der Waals surface area contributed by atoms with Crippen molar-refractivity contribution in [3.63, 3.8) is 0 Å². The van der Waals surface area contributed by atoms with E-state index in [0.717, 1.165) is 0 Å². The fourth-order valence-electron chi connectivity index (χ4n) is 0.924. The van der Waals surface area contributed by atoms with Crippen molar-refractivity contribution in [3.05, 3.63) is 0 Å². The molecule has 0 aromatic carbocycles. The molecule has 1 rings (SSSR count). The SMILES string of the molecule is CC(=O)OC1CC(F)(F)C1. The molecule has 0 N–H and O–H groups in total. The lowest BCUT2D eigenvalue weighted by atomic mass is 9.91. The molecule has 1 aliphatic carbocycles. The smallest absolute Gasteiger partial charge is 0.302 e. The molecule has 0 unspecified atom stereocenters. The minimum Gasteiger partial charge on any atom is -0.462 e. The Morgan fingerprint density at radius 1 is 1.60 bits per heavy atom. The molecule has 58 valence electrons. The van der Waals surface area contributed by atoms with Crippen molar-refractivity contribution in [2.45, 2.75) is 31.8 Å². The summed E-state index contributed by atoms with van der Waals surface area (Å²) < 4.78 is 28.6. The van der Waals surface area contributed by atoms with Crippen LogP contribution in [0.3, 0.4) is 0 Å². The minimum absolute atomic E-state index is 0.313. The number of hydrogen-bond donors (Lipinski definition) is 0. The Hall–Kier alpha value is -0.670. The summed E-state index contributed by atoms with van der Waals surface area (Å²) in [6, 6.07) is 0. The van der Waals surface area contributed by atoms with Gasteiger partial charge in [-0.3, -0.25) is 4.79 Å². The van der Waals surface area contributed by atoms with Gasteiger partial charge in [-0.25, -0.2) is 8.78 Å². The third kappa shape index (κ3) is 1.65. The van der Waals surface area contributed by atoms with Gasteiger partial charge < -0.3 is 4.74 Å². The summed E-state index contributed by atoms with van der Waals surface area (Å²) in [6.45, 7) is 1.22. The number of carbonyl (C=O) groups excluding carboxylic acids is 1. The standard InChI is InChI=1S/C6H8F2O2/c1-4(9)10-5-2-6(7,8)3-5/h5H,2-3H2,1H3. The summed E-state index contributed by atoms with van der Waals surface area (Å²) in [5.41, 5.74) is 0. The highest BCUT2D eigenvalue weighted by Gasteiger charge is 2.47. The first kappa shape index (κ1) is 7.44. The normalized spacial score (nSPS) is 23.5. The molecule has 1 saturated carbocycles. The molecule has 0 atom stereocenters. The van der Waals surface area contributed by atoms with Crippen molar-refractivity contribution < 1.29 is 18.3 Å². The van der Waals surface area contributed by atoms with E-state index in [1.807, 2.05) is 0 Å². The van der Waals surface area contributed by atoms with E-state index in [9.17, 15) is 13.6 Å². The molecule has 0 aromatic heterocycles. The van der Waals surface area contributed by atoms with Crippen molar-refractivity contribution in [2.75, 3.05) is 0 Å². The molecule has 4 heteroatoms. The van der Waals surface area contributed by atoms with E-state index in [2.05, 4.69) is 4.74 Å². The molecule has 1 fully saturated rings. The number of halogens is 2. The third-order valence-corrected chi connectivity index (χ3v) is 1.39. The summed E-state index contributed by atoms with van der Waals surface area (Å²) in [4.78, 5) is 10.2. The summed E-state index contributed by atoms with van der Waals surface area (Å²) in [5.74, 6) is -3.08. The number of carbonyl (C=O) groups is 1. The Balaban J connectivity index is 2.21. The van der Waals surface area contributed by atoms with Gasteiger partial charge in [-0.1, -0.05) is 0 Å². The molecule has 1 aliphatic rings. The van der Waals surface area contributed by atoms with Crippen LogP contribution >= 0.6 is 0 Å². The Bertz CT molecular complexity index is 148. The highest BCUT2D eigenvalue weighted by molar-refractivity contribution is 5.66. The predicted molar refractivity (Wildman–Crippen MR) is 29.7 cm³/mol. The Morgan fingerprint density at radius 3 is 2.40 bits per heavy atom. The molecule has 0 aromatic rings. The maximum Gasteiger partial charge on any atom is 0.302 e. The van der Waals surface area contributed by atoms with Gasteiger partial charge in [0, 0.05) is 19.8 Å². The van der Waals surface area contributed by atoms with Gasteiger partial charge in [0.1, 0.15) is 6.10 Å². The van der Waals surface area contributed by atoms with E-state index < -0.39 is 18.0 Å². The number of hydrogen-bond acceptors (Lipinski definition) is 2. The molecular formula is C6H8F2O2. The minimum atomic E-state index is -2.60. The van der Waals surface area contributed by atoms with E-state index in [4.69, 9.17) is 0 Å². The molecule has 0 bridgehead atoms. The lowest BCUT2D eigenvalue weighted by Crippen LogP contribution is -2.42. The zero-order valence-corrected chi connectivity index (χ0v) is 5.56. The van der Waals surface area contributed by atoms with Crippen molar-refractivity contribution in [1.29, 1.82) is 0 Å². The second-order valence-corrected chi connectivity index (χ2v) is 2.50. The maximum absolute atomic E-state index is 12.0. The molecule has 0 amide bonds. The number of esters is 1. The third-order valence-electron chi connectivity index (χ3n) is 1.39.